The predicted octanol–water partition coefficient (Wildman–Crippen LogP) is 3.77. The van der Waals surface area contributed by atoms with Gasteiger partial charge in [-0.05, 0) is 30.9 Å². The van der Waals surface area contributed by atoms with Crippen molar-refractivity contribution in [3.8, 4) is 5.69 Å². The Balaban J connectivity index is 0.00000169. The maximum Gasteiger partial charge on any atom is 0.519 e. The zero-order chi connectivity index (χ0) is 24.7. The number of esters is 1. The SMILES string of the molecule is CC(C)(C)c1oc(=O)oc1COC(=O)[C@H](Cc1ncn2c1CCc1ccccc1-2)N1CC[C@H](N)C1.Cl.Cl.Cl. The topological polar surface area (TPSA) is 117 Å². The molecule has 1 saturated heterocycles. The van der Waals surface area contributed by atoms with Gasteiger partial charge in [0.15, 0.2) is 18.1 Å². The number of imidazole rings is 1. The smallest absolute Gasteiger partial charge is 0.456 e. The van der Waals surface area contributed by atoms with Crippen LogP contribution in [0.3, 0.4) is 0 Å². The quantitative estimate of drug-likeness (QED) is 0.432. The summed E-state index contributed by atoms with van der Waals surface area (Å²) in [6.45, 7) is 6.88. The summed E-state index contributed by atoms with van der Waals surface area (Å²) in [5.41, 5.74) is 10.2. The number of fused-ring (bicyclic) bond motifs is 3. The molecule has 0 unspecified atom stereocenters. The third-order valence-electron chi connectivity index (χ3n) is 6.86. The van der Waals surface area contributed by atoms with E-state index in [-0.39, 0.29) is 61.6 Å². The molecule has 2 N–H and O–H groups in total. The Labute approximate surface area is 240 Å². The Bertz CT molecular complexity index is 1300. The highest BCUT2D eigenvalue weighted by Gasteiger charge is 2.35. The molecule has 2 atom stereocenters. The summed E-state index contributed by atoms with van der Waals surface area (Å²) < 4.78 is 18.2. The van der Waals surface area contributed by atoms with E-state index in [9.17, 15) is 9.59 Å². The van der Waals surface area contributed by atoms with Gasteiger partial charge in [-0.25, -0.2) is 9.78 Å². The minimum absolute atomic E-state index is 0. The first kappa shape index (κ1) is 31.9. The zero-order valence-corrected chi connectivity index (χ0v) is 24.1. The van der Waals surface area contributed by atoms with E-state index in [1.165, 1.54) is 5.56 Å². The molecular formula is C26H35Cl3N4O5. The van der Waals surface area contributed by atoms with Gasteiger partial charge in [-0.3, -0.25) is 9.69 Å². The molecule has 12 heteroatoms. The van der Waals surface area contributed by atoms with Crippen molar-refractivity contribution in [1.29, 1.82) is 0 Å². The van der Waals surface area contributed by atoms with Gasteiger partial charge in [0.25, 0.3) is 0 Å². The van der Waals surface area contributed by atoms with E-state index in [1.54, 1.807) is 0 Å². The summed E-state index contributed by atoms with van der Waals surface area (Å²) >= 11 is 0. The van der Waals surface area contributed by atoms with Crippen molar-refractivity contribution >= 4 is 43.2 Å². The van der Waals surface area contributed by atoms with Gasteiger partial charge in [0.2, 0.25) is 0 Å². The largest absolute Gasteiger partial charge is 0.519 e. The number of carbonyl (C=O) groups excluding carboxylic acids is 1. The fraction of sp³-hybridized carbons (Fsp3) is 0.500. The van der Waals surface area contributed by atoms with E-state index in [2.05, 4.69) is 27.7 Å². The van der Waals surface area contributed by atoms with Gasteiger partial charge in [0, 0.05) is 42.3 Å². The Kier molecular flexibility index (Phi) is 10.7. The van der Waals surface area contributed by atoms with Crippen molar-refractivity contribution in [1.82, 2.24) is 14.5 Å². The minimum Gasteiger partial charge on any atom is -0.456 e. The van der Waals surface area contributed by atoms with Crippen LogP contribution in [0, 0.1) is 0 Å². The molecule has 1 aromatic carbocycles. The second-order valence-corrected chi connectivity index (χ2v) is 10.5. The van der Waals surface area contributed by atoms with Gasteiger partial charge < -0.3 is 23.9 Å². The van der Waals surface area contributed by atoms with E-state index in [0.29, 0.717) is 25.3 Å². The number of aromatic nitrogens is 2. The first-order chi connectivity index (χ1) is 16.7. The fourth-order valence-corrected chi connectivity index (χ4v) is 5.11. The molecule has 0 radical (unpaired) electrons. The van der Waals surface area contributed by atoms with Crippen LogP contribution in [0.5, 0.6) is 0 Å². The molecule has 1 fully saturated rings. The number of rotatable bonds is 6. The standard InChI is InChI=1S/C26H32N4O5.3ClH/c1-26(2,3)23-22(34-25(32)35-23)14-33-24(31)21(29-11-10-17(27)13-29)12-18-20-9-8-16-6-4-5-7-19(16)30(20)15-28-18;;;/h4-7,15,17,21H,8-14,27H2,1-3H3;3*1H/t17-,21-;;;/m0.../s1. The van der Waals surface area contributed by atoms with Crippen molar-refractivity contribution in [2.45, 2.75) is 70.6 Å². The number of para-hydroxylation sites is 1. The lowest BCUT2D eigenvalue weighted by atomic mass is 9.92. The van der Waals surface area contributed by atoms with Crippen LogP contribution in [-0.2, 0) is 40.8 Å². The summed E-state index contributed by atoms with van der Waals surface area (Å²) in [6, 6.07) is 7.81. The zero-order valence-electron chi connectivity index (χ0n) is 21.7. The van der Waals surface area contributed by atoms with Crippen LogP contribution in [0.1, 0.15) is 55.7 Å². The molecule has 2 aliphatic heterocycles. The summed E-state index contributed by atoms with van der Waals surface area (Å²) in [7, 11) is 0. The average Bonchev–Trinajstić information content (AvgIpc) is 3.53. The van der Waals surface area contributed by atoms with Gasteiger partial charge in [-0.15, -0.1) is 37.2 Å². The highest BCUT2D eigenvalue weighted by atomic mass is 35.5. The number of carbonyl (C=O) groups is 1. The summed E-state index contributed by atoms with van der Waals surface area (Å²) in [4.78, 5) is 31.9. The van der Waals surface area contributed by atoms with Gasteiger partial charge >= 0.3 is 11.8 Å². The van der Waals surface area contributed by atoms with Gasteiger partial charge in [-0.1, -0.05) is 39.0 Å². The molecule has 0 aliphatic carbocycles. The molecular weight excluding hydrogens is 555 g/mol. The molecule has 0 saturated carbocycles. The highest BCUT2D eigenvalue weighted by molar-refractivity contribution is 5.86. The fourth-order valence-electron chi connectivity index (χ4n) is 5.11. The molecule has 4 heterocycles. The van der Waals surface area contributed by atoms with Crippen molar-refractivity contribution < 1.29 is 18.4 Å². The van der Waals surface area contributed by atoms with Crippen LogP contribution in [-0.4, -0.2) is 45.6 Å². The molecule has 0 amide bonds. The van der Waals surface area contributed by atoms with Crippen LogP contribution in [0.25, 0.3) is 5.69 Å². The Morgan fingerprint density at radius 1 is 1.18 bits per heavy atom. The Morgan fingerprint density at radius 2 is 1.92 bits per heavy atom. The number of hydrogen-bond acceptors (Lipinski definition) is 8. The van der Waals surface area contributed by atoms with Gasteiger partial charge in [0.05, 0.1) is 12.0 Å². The normalized spacial score (nSPS) is 17.3. The maximum absolute atomic E-state index is 13.4. The number of aryl methyl sites for hydroxylation is 1. The summed E-state index contributed by atoms with van der Waals surface area (Å²) in [5, 5.41) is 0. The van der Waals surface area contributed by atoms with Crippen molar-refractivity contribution in [3.63, 3.8) is 0 Å². The predicted molar refractivity (Wildman–Crippen MR) is 150 cm³/mol. The lowest BCUT2D eigenvalue weighted by Gasteiger charge is -2.26. The van der Waals surface area contributed by atoms with Gasteiger partial charge in [0.1, 0.15) is 6.04 Å². The number of likely N-dealkylation sites (tertiary alicyclic amines) is 1. The second kappa shape index (κ2) is 12.7. The molecule has 0 spiro atoms. The maximum atomic E-state index is 13.4. The number of ether oxygens (including phenoxy) is 1. The van der Waals surface area contributed by atoms with E-state index in [4.69, 9.17) is 24.3 Å². The Hall–Kier alpha value is -2.30. The molecule has 0 bridgehead atoms. The van der Waals surface area contributed by atoms with E-state index in [0.717, 1.165) is 36.3 Å². The number of nitrogens with zero attached hydrogens (tertiary/aromatic N) is 3. The van der Waals surface area contributed by atoms with Crippen molar-refractivity contribution in [2.24, 2.45) is 5.73 Å². The third kappa shape index (κ3) is 6.46. The lowest BCUT2D eigenvalue weighted by molar-refractivity contribution is -0.151. The van der Waals surface area contributed by atoms with E-state index >= 15 is 0 Å². The molecule has 2 aliphatic rings. The van der Waals surface area contributed by atoms with Crippen LogP contribution in [0.2, 0.25) is 0 Å². The summed E-state index contributed by atoms with van der Waals surface area (Å²) in [5.74, 6) is -0.561. The van der Waals surface area contributed by atoms with Crippen LogP contribution in [0.15, 0.2) is 44.2 Å². The highest BCUT2D eigenvalue weighted by Crippen LogP contribution is 2.29. The molecule has 38 heavy (non-hydrogen) atoms. The number of benzene rings is 1. The lowest BCUT2D eigenvalue weighted by Crippen LogP contribution is -2.43. The molecule has 5 rings (SSSR count). The molecule has 3 aromatic rings. The number of hydrogen-bond donors (Lipinski definition) is 1. The molecule has 2 aromatic heterocycles. The number of halogens is 3. The molecule has 210 valence electrons. The third-order valence-corrected chi connectivity index (χ3v) is 6.86. The number of nitrogens with two attached hydrogens (primary N) is 1. The molecule has 9 nitrogen and oxygen atoms in total. The minimum atomic E-state index is -0.798. The van der Waals surface area contributed by atoms with Crippen molar-refractivity contribution in [3.05, 3.63) is 69.7 Å². The van der Waals surface area contributed by atoms with Crippen LogP contribution < -0.4 is 11.6 Å². The van der Waals surface area contributed by atoms with E-state index in [1.807, 2.05) is 33.2 Å². The van der Waals surface area contributed by atoms with Gasteiger partial charge in [-0.2, -0.15) is 0 Å². The average molecular weight is 590 g/mol. The van der Waals surface area contributed by atoms with Crippen LogP contribution >= 0.6 is 37.2 Å². The van der Waals surface area contributed by atoms with E-state index < -0.39 is 17.3 Å². The summed E-state index contributed by atoms with van der Waals surface area (Å²) in [6.07, 6.45) is 4.90. The first-order valence-electron chi connectivity index (χ1n) is 12.1. The monoisotopic (exact) mass is 588 g/mol. The Morgan fingerprint density at radius 3 is 2.61 bits per heavy atom. The van der Waals surface area contributed by atoms with Crippen molar-refractivity contribution in [2.75, 3.05) is 13.1 Å². The second-order valence-electron chi connectivity index (χ2n) is 10.5. The first-order valence-corrected chi connectivity index (χ1v) is 12.1. The van der Waals surface area contributed by atoms with Crippen LogP contribution in [0.4, 0.5) is 0 Å².